The van der Waals surface area contributed by atoms with E-state index in [1.807, 2.05) is 6.92 Å². The van der Waals surface area contributed by atoms with Gasteiger partial charge in [0.05, 0.1) is 19.4 Å². The van der Waals surface area contributed by atoms with Gasteiger partial charge in [0.2, 0.25) is 5.91 Å². The van der Waals surface area contributed by atoms with Crippen LogP contribution in [0.5, 0.6) is 17.2 Å². The van der Waals surface area contributed by atoms with E-state index >= 15 is 0 Å². The Balaban J connectivity index is 1.49. The van der Waals surface area contributed by atoms with Gasteiger partial charge in [-0.15, -0.1) is 0 Å². The van der Waals surface area contributed by atoms with Crippen LogP contribution >= 0.6 is 15.9 Å². The monoisotopic (exact) mass is 597 g/mol. The number of hydrogen-bond donors (Lipinski definition) is 2. The van der Waals surface area contributed by atoms with Crippen molar-refractivity contribution < 1.29 is 33.0 Å². The lowest BCUT2D eigenvalue weighted by atomic mass is 10.1. The number of amides is 4. The van der Waals surface area contributed by atoms with Gasteiger partial charge in [-0.05, 0) is 60.5 Å². The summed E-state index contributed by atoms with van der Waals surface area (Å²) in [6.07, 6.45) is 1.48. The molecule has 1 aliphatic heterocycles. The Morgan fingerprint density at radius 1 is 1.05 bits per heavy atom. The first-order valence-electron chi connectivity index (χ1n) is 11.9. The number of anilines is 1. The highest BCUT2D eigenvalue weighted by atomic mass is 79.9. The van der Waals surface area contributed by atoms with Gasteiger partial charge in [0.1, 0.15) is 30.4 Å². The first-order chi connectivity index (χ1) is 18.8. The van der Waals surface area contributed by atoms with Crippen LogP contribution in [0.15, 0.2) is 70.8 Å². The van der Waals surface area contributed by atoms with E-state index in [4.69, 9.17) is 14.2 Å². The van der Waals surface area contributed by atoms with Crippen LogP contribution < -0.4 is 24.8 Å². The molecule has 1 aliphatic rings. The van der Waals surface area contributed by atoms with Crippen LogP contribution in [0.2, 0.25) is 0 Å². The zero-order valence-corrected chi connectivity index (χ0v) is 22.7. The van der Waals surface area contributed by atoms with Crippen molar-refractivity contribution >= 4 is 45.5 Å². The predicted molar refractivity (Wildman–Crippen MR) is 146 cm³/mol. The highest BCUT2D eigenvalue weighted by Crippen LogP contribution is 2.36. The minimum atomic E-state index is -0.721. The fourth-order valence-electron chi connectivity index (χ4n) is 3.74. The van der Waals surface area contributed by atoms with Crippen molar-refractivity contribution in [2.24, 2.45) is 0 Å². The number of methoxy groups -OCH3 is 1. The molecule has 0 bridgehead atoms. The molecule has 11 heteroatoms. The molecule has 0 saturated carbocycles. The molecule has 0 spiro atoms. The van der Waals surface area contributed by atoms with E-state index in [0.717, 1.165) is 10.5 Å². The third kappa shape index (κ3) is 6.74. The molecule has 4 rings (SSSR count). The molecule has 3 aromatic carbocycles. The van der Waals surface area contributed by atoms with E-state index in [2.05, 4.69) is 26.6 Å². The smallest absolute Gasteiger partial charge is 0.329 e. The number of halogens is 2. The van der Waals surface area contributed by atoms with Gasteiger partial charge in [-0.25, -0.2) is 14.1 Å². The number of urea groups is 1. The van der Waals surface area contributed by atoms with E-state index in [1.54, 1.807) is 48.5 Å². The second-order valence-corrected chi connectivity index (χ2v) is 9.15. The zero-order valence-electron chi connectivity index (χ0n) is 21.1. The summed E-state index contributed by atoms with van der Waals surface area (Å²) in [7, 11) is 1.47. The van der Waals surface area contributed by atoms with Crippen LogP contribution in [-0.2, 0) is 16.2 Å². The Kier molecular flexibility index (Phi) is 8.82. The Hall–Kier alpha value is -4.38. The van der Waals surface area contributed by atoms with Crippen LogP contribution in [0.3, 0.4) is 0 Å². The number of rotatable bonds is 10. The first kappa shape index (κ1) is 27.6. The largest absolute Gasteiger partial charge is 0.495 e. The van der Waals surface area contributed by atoms with Crippen LogP contribution in [0.1, 0.15) is 18.1 Å². The van der Waals surface area contributed by atoms with E-state index in [1.165, 1.54) is 25.3 Å². The number of hydrogen-bond acceptors (Lipinski definition) is 6. The summed E-state index contributed by atoms with van der Waals surface area (Å²) >= 11 is 3.47. The average Bonchev–Trinajstić information content (AvgIpc) is 3.18. The minimum Gasteiger partial charge on any atom is -0.495 e. The quantitative estimate of drug-likeness (QED) is 0.249. The molecular formula is C28H25BrFN3O6. The standard InChI is InChI=1S/C28H25BrFN3O6/c1-3-38-24-13-18(20(29)14-25(24)39-16-17-8-10-19(30)11-9-17)12-22-27(35)33(28(36)32-22)15-26(34)31-21-6-4-5-7-23(21)37-2/h4-14H,3,15-16H2,1-2H3,(H,31,34)(H,32,36)/b22-12+. The van der Waals surface area contributed by atoms with Crippen molar-refractivity contribution in [1.82, 2.24) is 10.2 Å². The van der Waals surface area contributed by atoms with Crippen LogP contribution in [0, 0.1) is 5.82 Å². The molecule has 1 saturated heterocycles. The van der Waals surface area contributed by atoms with Crippen molar-refractivity contribution in [2.45, 2.75) is 13.5 Å². The molecule has 0 aromatic heterocycles. The second kappa shape index (κ2) is 12.4. The lowest BCUT2D eigenvalue weighted by Gasteiger charge is -2.14. The average molecular weight is 598 g/mol. The molecule has 1 fully saturated rings. The molecule has 0 atom stereocenters. The van der Waals surface area contributed by atoms with Crippen LogP contribution in [-0.4, -0.2) is 43.0 Å². The topological polar surface area (TPSA) is 106 Å². The highest BCUT2D eigenvalue weighted by Gasteiger charge is 2.35. The van der Waals surface area contributed by atoms with Gasteiger partial charge in [-0.3, -0.25) is 9.59 Å². The number of carbonyl (C=O) groups excluding carboxylic acids is 3. The second-order valence-electron chi connectivity index (χ2n) is 8.30. The summed E-state index contributed by atoms with van der Waals surface area (Å²) < 4.78 is 30.6. The molecule has 0 unspecified atom stereocenters. The molecule has 202 valence electrons. The van der Waals surface area contributed by atoms with E-state index in [9.17, 15) is 18.8 Å². The third-order valence-corrected chi connectivity index (χ3v) is 6.30. The Labute approximate surface area is 232 Å². The summed E-state index contributed by atoms with van der Waals surface area (Å²) in [5.41, 5.74) is 1.72. The summed E-state index contributed by atoms with van der Waals surface area (Å²) in [4.78, 5) is 38.9. The van der Waals surface area contributed by atoms with Crippen LogP contribution in [0.4, 0.5) is 14.9 Å². The molecule has 9 nitrogen and oxygen atoms in total. The Bertz CT molecular complexity index is 1430. The summed E-state index contributed by atoms with van der Waals surface area (Å²) in [6.45, 7) is 1.88. The molecule has 1 heterocycles. The summed E-state index contributed by atoms with van der Waals surface area (Å²) in [5, 5.41) is 5.15. The third-order valence-electron chi connectivity index (χ3n) is 5.62. The number of imide groups is 1. The normalized spacial score (nSPS) is 13.8. The van der Waals surface area contributed by atoms with Gasteiger partial charge < -0.3 is 24.8 Å². The predicted octanol–water partition coefficient (Wildman–Crippen LogP) is 5.11. The Morgan fingerprint density at radius 2 is 1.77 bits per heavy atom. The molecule has 2 N–H and O–H groups in total. The van der Waals surface area contributed by atoms with Gasteiger partial charge in [-0.2, -0.15) is 0 Å². The maximum Gasteiger partial charge on any atom is 0.329 e. The van der Waals surface area contributed by atoms with Gasteiger partial charge in [0.25, 0.3) is 5.91 Å². The molecule has 39 heavy (non-hydrogen) atoms. The Morgan fingerprint density at radius 3 is 2.49 bits per heavy atom. The SMILES string of the molecule is CCOc1cc(/C=C2/NC(=O)N(CC(=O)Nc3ccccc3OC)C2=O)c(Br)cc1OCc1ccc(F)cc1. The van der Waals surface area contributed by atoms with Crippen molar-refractivity contribution in [3.05, 3.63) is 87.8 Å². The maximum atomic E-state index is 13.2. The number of carbonyl (C=O) groups is 3. The van der Waals surface area contributed by atoms with Gasteiger partial charge >= 0.3 is 6.03 Å². The van der Waals surface area contributed by atoms with Crippen molar-refractivity contribution in [3.8, 4) is 17.2 Å². The summed E-state index contributed by atoms with van der Waals surface area (Å²) in [6, 6.07) is 15.4. The van der Waals surface area contributed by atoms with Gasteiger partial charge in [0.15, 0.2) is 11.5 Å². The van der Waals surface area contributed by atoms with E-state index < -0.39 is 24.4 Å². The van der Waals surface area contributed by atoms with Gasteiger partial charge in [0, 0.05) is 4.47 Å². The molecular weight excluding hydrogens is 573 g/mol. The van der Waals surface area contributed by atoms with E-state index in [-0.39, 0.29) is 18.1 Å². The molecule has 3 aromatic rings. The lowest BCUT2D eigenvalue weighted by Crippen LogP contribution is -2.38. The minimum absolute atomic E-state index is 0.00628. The molecule has 0 radical (unpaired) electrons. The fourth-order valence-corrected chi connectivity index (χ4v) is 4.17. The fraction of sp³-hybridized carbons (Fsp3) is 0.179. The number of benzene rings is 3. The number of nitrogens with one attached hydrogen (secondary N) is 2. The van der Waals surface area contributed by atoms with Crippen molar-refractivity contribution in [1.29, 1.82) is 0 Å². The van der Waals surface area contributed by atoms with Crippen LogP contribution in [0.25, 0.3) is 6.08 Å². The zero-order chi connectivity index (χ0) is 27.9. The number of ether oxygens (including phenoxy) is 3. The molecule has 4 amide bonds. The number of nitrogens with zero attached hydrogens (tertiary/aromatic N) is 1. The first-order valence-corrected chi connectivity index (χ1v) is 12.7. The van der Waals surface area contributed by atoms with Gasteiger partial charge in [-0.1, -0.05) is 40.2 Å². The van der Waals surface area contributed by atoms with Crippen molar-refractivity contribution in [3.63, 3.8) is 0 Å². The maximum absolute atomic E-state index is 13.2. The number of para-hydroxylation sites is 2. The highest BCUT2D eigenvalue weighted by molar-refractivity contribution is 9.10. The lowest BCUT2D eigenvalue weighted by molar-refractivity contribution is -0.127. The van der Waals surface area contributed by atoms with Crippen molar-refractivity contribution in [2.75, 3.05) is 25.6 Å². The summed E-state index contributed by atoms with van der Waals surface area (Å²) in [5.74, 6) is -0.253. The molecule has 0 aliphatic carbocycles. The van der Waals surface area contributed by atoms with E-state index in [0.29, 0.717) is 39.6 Å².